The Morgan fingerprint density at radius 2 is 1.82 bits per heavy atom. The molecule has 1 aromatic heterocycles. The summed E-state index contributed by atoms with van der Waals surface area (Å²) in [6, 6.07) is 13.1. The Morgan fingerprint density at radius 1 is 1.09 bits per heavy atom. The fraction of sp³-hybridized carbons (Fsp3) is 0.188. The lowest BCUT2D eigenvalue weighted by molar-refractivity contribution is 0.297. The van der Waals surface area contributed by atoms with E-state index in [0.29, 0.717) is 34.6 Å². The Kier molecular flexibility index (Phi) is 4.14. The molecular weight excluding hydrogens is 321 g/mol. The van der Waals surface area contributed by atoms with E-state index in [2.05, 4.69) is 0 Å². The fourth-order valence-corrected chi connectivity index (χ4v) is 2.91. The monoisotopic (exact) mass is 335 g/mol. The standard InChI is InChI=1S/C16H15Cl2N3O/c1-20-13-4-2-3-5-14(13)21(16(20)19)8-9-22-15-7-6-11(17)10-12(15)18/h2-7,10,19H,8-9H2,1H3. The third kappa shape index (κ3) is 2.72. The van der Waals surface area contributed by atoms with E-state index in [1.54, 1.807) is 18.2 Å². The number of nitrogens with zero attached hydrogens (tertiary/aromatic N) is 2. The molecular formula is C16H15Cl2N3O. The highest BCUT2D eigenvalue weighted by Crippen LogP contribution is 2.27. The first-order chi connectivity index (χ1) is 10.6. The summed E-state index contributed by atoms with van der Waals surface area (Å²) in [5, 5.41) is 9.27. The number of imidazole rings is 1. The van der Waals surface area contributed by atoms with Crippen LogP contribution in [-0.2, 0) is 13.6 Å². The molecule has 0 saturated carbocycles. The number of hydrogen-bond donors (Lipinski definition) is 1. The maximum Gasteiger partial charge on any atom is 0.202 e. The molecule has 3 aromatic rings. The van der Waals surface area contributed by atoms with Gasteiger partial charge in [0.05, 0.1) is 22.6 Å². The van der Waals surface area contributed by atoms with E-state index in [9.17, 15) is 0 Å². The highest BCUT2D eigenvalue weighted by molar-refractivity contribution is 6.35. The van der Waals surface area contributed by atoms with Gasteiger partial charge in [-0.25, -0.2) is 0 Å². The van der Waals surface area contributed by atoms with Crippen LogP contribution in [0.5, 0.6) is 5.75 Å². The van der Waals surface area contributed by atoms with E-state index in [0.717, 1.165) is 11.0 Å². The van der Waals surface area contributed by atoms with Gasteiger partial charge in [0.1, 0.15) is 12.4 Å². The minimum absolute atomic E-state index is 0.423. The van der Waals surface area contributed by atoms with Gasteiger partial charge in [-0.3, -0.25) is 5.41 Å². The minimum Gasteiger partial charge on any atom is -0.490 e. The zero-order valence-electron chi connectivity index (χ0n) is 12.0. The van der Waals surface area contributed by atoms with Crippen molar-refractivity contribution in [2.75, 3.05) is 6.61 Å². The summed E-state index contributed by atoms with van der Waals surface area (Å²) in [7, 11) is 1.89. The summed E-state index contributed by atoms with van der Waals surface area (Å²) in [6.45, 7) is 0.991. The molecule has 0 fully saturated rings. The number of benzene rings is 2. The second-order valence-corrected chi connectivity index (χ2v) is 5.79. The molecule has 114 valence electrons. The van der Waals surface area contributed by atoms with E-state index >= 15 is 0 Å². The maximum absolute atomic E-state index is 8.20. The van der Waals surface area contributed by atoms with Crippen molar-refractivity contribution < 1.29 is 4.74 Å². The van der Waals surface area contributed by atoms with E-state index in [-0.39, 0.29) is 0 Å². The van der Waals surface area contributed by atoms with Gasteiger partial charge in [-0.05, 0) is 30.3 Å². The predicted molar refractivity (Wildman–Crippen MR) is 88.7 cm³/mol. The van der Waals surface area contributed by atoms with E-state index in [4.69, 9.17) is 33.3 Å². The Labute approximate surface area is 138 Å². The van der Waals surface area contributed by atoms with E-state index in [1.165, 1.54) is 0 Å². The van der Waals surface area contributed by atoms with Gasteiger partial charge in [-0.1, -0.05) is 35.3 Å². The predicted octanol–water partition coefficient (Wildman–Crippen LogP) is 3.85. The smallest absolute Gasteiger partial charge is 0.202 e. The molecule has 1 N–H and O–H groups in total. The van der Waals surface area contributed by atoms with Crippen molar-refractivity contribution in [2.24, 2.45) is 7.05 Å². The lowest BCUT2D eigenvalue weighted by atomic mass is 10.3. The molecule has 3 rings (SSSR count). The number of nitrogens with one attached hydrogen (secondary N) is 1. The molecule has 1 heterocycles. The first kappa shape index (κ1) is 15.0. The maximum atomic E-state index is 8.20. The summed E-state index contributed by atoms with van der Waals surface area (Å²) < 4.78 is 9.47. The lowest BCUT2D eigenvalue weighted by Gasteiger charge is -2.09. The van der Waals surface area contributed by atoms with Gasteiger partial charge in [0.2, 0.25) is 5.62 Å². The number of hydrogen-bond acceptors (Lipinski definition) is 2. The molecule has 6 heteroatoms. The molecule has 0 radical (unpaired) electrons. The first-order valence-electron chi connectivity index (χ1n) is 6.84. The van der Waals surface area contributed by atoms with Crippen LogP contribution in [0.2, 0.25) is 10.0 Å². The second kappa shape index (κ2) is 6.07. The zero-order valence-corrected chi connectivity index (χ0v) is 13.5. The fourth-order valence-electron chi connectivity index (χ4n) is 2.45. The second-order valence-electron chi connectivity index (χ2n) is 4.95. The van der Waals surface area contributed by atoms with Crippen molar-refractivity contribution in [3.05, 3.63) is 58.1 Å². The largest absolute Gasteiger partial charge is 0.490 e. The summed E-state index contributed by atoms with van der Waals surface area (Å²) in [6.07, 6.45) is 0. The zero-order chi connectivity index (χ0) is 15.7. The normalized spacial score (nSPS) is 11.0. The molecule has 0 aliphatic carbocycles. The molecule has 0 amide bonds. The van der Waals surface area contributed by atoms with Crippen molar-refractivity contribution in [3.8, 4) is 5.75 Å². The lowest BCUT2D eigenvalue weighted by Crippen LogP contribution is -2.24. The summed E-state index contributed by atoms with van der Waals surface area (Å²) >= 11 is 11.9. The quantitative estimate of drug-likeness (QED) is 0.773. The molecule has 0 saturated heterocycles. The van der Waals surface area contributed by atoms with Crippen molar-refractivity contribution in [3.63, 3.8) is 0 Å². The molecule has 0 bridgehead atoms. The molecule has 0 aliphatic heterocycles. The summed E-state index contributed by atoms with van der Waals surface area (Å²) in [5.74, 6) is 0.596. The van der Waals surface area contributed by atoms with Crippen LogP contribution in [0, 0.1) is 5.41 Å². The number of fused-ring (bicyclic) bond motifs is 1. The van der Waals surface area contributed by atoms with Gasteiger partial charge >= 0.3 is 0 Å². The Bertz CT molecular complexity index is 883. The van der Waals surface area contributed by atoms with Crippen LogP contribution in [0.4, 0.5) is 0 Å². The van der Waals surface area contributed by atoms with Crippen LogP contribution in [0.1, 0.15) is 0 Å². The number of para-hydroxylation sites is 2. The minimum atomic E-state index is 0.423. The molecule has 4 nitrogen and oxygen atoms in total. The number of halogens is 2. The van der Waals surface area contributed by atoms with Gasteiger partial charge < -0.3 is 13.9 Å². The van der Waals surface area contributed by atoms with Gasteiger partial charge in [-0.15, -0.1) is 0 Å². The third-order valence-electron chi connectivity index (χ3n) is 3.57. The van der Waals surface area contributed by atoms with Gasteiger partial charge in [0, 0.05) is 12.1 Å². The van der Waals surface area contributed by atoms with Crippen molar-refractivity contribution in [2.45, 2.75) is 6.54 Å². The van der Waals surface area contributed by atoms with Crippen LogP contribution in [-0.4, -0.2) is 15.7 Å². The van der Waals surface area contributed by atoms with Crippen LogP contribution >= 0.6 is 23.2 Å². The van der Waals surface area contributed by atoms with Crippen LogP contribution in [0.25, 0.3) is 11.0 Å². The molecule has 0 unspecified atom stereocenters. The topological polar surface area (TPSA) is 42.9 Å². The Balaban J connectivity index is 1.80. The molecule has 0 spiro atoms. The molecule has 0 atom stereocenters. The highest BCUT2D eigenvalue weighted by Gasteiger charge is 2.08. The Morgan fingerprint density at radius 3 is 2.55 bits per heavy atom. The van der Waals surface area contributed by atoms with Gasteiger partial charge in [0.15, 0.2) is 0 Å². The van der Waals surface area contributed by atoms with Crippen molar-refractivity contribution in [1.82, 2.24) is 9.13 Å². The third-order valence-corrected chi connectivity index (χ3v) is 4.10. The number of rotatable bonds is 4. The van der Waals surface area contributed by atoms with E-state index < -0.39 is 0 Å². The number of aryl methyl sites for hydroxylation is 1. The van der Waals surface area contributed by atoms with Crippen molar-refractivity contribution >= 4 is 34.2 Å². The first-order valence-corrected chi connectivity index (χ1v) is 7.60. The van der Waals surface area contributed by atoms with Crippen LogP contribution < -0.4 is 10.4 Å². The van der Waals surface area contributed by atoms with Gasteiger partial charge in [-0.2, -0.15) is 0 Å². The highest BCUT2D eigenvalue weighted by atomic mass is 35.5. The molecule has 0 aliphatic rings. The summed E-state index contributed by atoms with van der Waals surface area (Å²) in [4.78, 5) is 0. The van der Waals surface area contributed by atoms with Crippen molar-refractivity contribution in [1.29, 1.82) is 5.41 Å². The van der Waals surface area contributed by atoms with Crippen LogP contribution in [0.15, 0.2) is 42.5 Å². The van der Waals surface area contributed by atoms with Crippen LogP contribution in [0.3, 0.4) is 0 Å². The number of ether oxygens (including phenoxy) is 1. The van der Waals surface area contributed by atoms with Gasteiger partial charge in [0.25, 0.3) is 0 Å². The van der Waals surface area contributed by atoms with E-state index in [1.807, 2.05) is 40.4 Å². The average Bonchev–Trinajstić information content (AvgIpc) is 2.75. The Hall–Kier alpha value is -1.91. The molecule has 2 aromatic carbocycles. The summed E-state index contributed by atoms with van der Waals surface area (Å²) in [5.41, 5.74) is 2.48. The number of aromatic nitrogens is 2. The SMILES string of the molecule is Cn1c(=N)n(CCOc2ccc(Cl)cc2Cl)c2ccccc21. The average molecular weight is 336 g/mol. The molecule has 22 heavy (non-hydrogen) atoms.